The largest absolute Gasteiger partial charge is 0.387 e. The van der Waals surface area contributed by atoms with E-state index in [9.17, 15) is 9.90 Å². The molecule has 0 spiro atoms. The van der Waals surface area contributed by atoms with Crippen LogP contribution in [0.4, 0.5) is 5.82 Å². The number of fused-ring (bicyclic) bond motifs is 1. The molecule has 1 aliphatic rings. The number of aliphatic hydroxyl groups is 1. The molecule has 0 bridgehead atoms. The highest BCUT2D eigenvalue weighted by Crippen LogP contribution is 2.38. The fraction of sp³-hybridized carbons (Fsp3) is 0.400. The predicted octanol–water partition coefficient (Wildman–Crippen LogP) is 2.80. The van der Waals surface area contributed by atoms with Crippen LogP contribution in [0.2, 0.25) is 0 Å². The quantitative estimate of drug-likeness (QED) is 0.404. The molecule has 5 heterocycles. The second kappa shape index (κ2) is 9.10. The molecule has 4 N–H and O–H groups in total. The van der Waals surface area contributed by atoms with Crippen molar-refractivity contribution in [2.45, 2.75) is 58.0 Å². The lowest BCUT2D eigenvalue weighted by Gasteiger charge is -2.42. The van der Waals surface area contributed by atoms with E-state index in [-0.39, 0.29) is 23.9 Å². The predicted molar refractivity (Wildman–Crippen MR) is 132 cm³/mol. The summed E-state index contributed by atoms with van der Waals surface area (Å²) in [7, 11) is 0. The number of nitrogens with two attached hydrogens (primary N) is 1. The molecular formula is C25H30N8O2. The van der Waals surface area contributed by atoms with Crippen molar-refractivity contribution in [3.63, 3.8) is 0 Å². The van der Waals surface area contributed by atoms with Gasteiger partial charge in [-0.3, -0.25) is 9.78 Å². The Morgan fingerprint density at radius 2 is 1.97 bits per heavy atom. The molecule has 3 atom stereocenters. The third-order valence-electron chi connectivity index (χ3n) is 7.00. The molecule has 4 aromatic rings. The second-order valence-electron chi connectivity index (χ2n) is 9.20. The summed E-state index contributed by atoms with van der Waals surface area (Å²) >= 11 is 0. The summed E-state index contributed by atoms with van der Waals surface area (Å²) in [6.07, 6.45) is 9.28. The number of imidazole rings is 1. The molecule has 1 amide bonds. The fourth-order valence-corrected chi connectivity index (χ4v) is 5.45. The van der Waals surface area contributed by atoms with Crippen molar-refractivity contribution in [1.82, 2.24) is 34.4 Å². The van der Waals surface area contributed by atoms with Crippen LogP contribution in [0.1, 0.15) is 50.8 Å². The van der Waals surface area contributed by atoms with Crippen molar-refractivity contribution < 1.29 is 9.90 Å². The fourth-order valence-electron chi connectivity index (χ4n) is 5.45. The first-order chi connectivity index (χ1) is 16.9. The average molecular weight is 475 g/mol. The van der Waals surface area contributed by atoms with Gasteiger partial charge in [0.25, 0.3) is 0 Å². The molecular weight excluding hydrogens is 444 g/mol. The summed E-state index contributed by atoms with van der Waals surface area (Å²) in [5.74, 6) is 1.22. The molecule has 10 heteroatoms. The highest BCUT2D eigenvalue weighted by Gasteiger charge is 2.36. The number of aromatic amines is 1. The van der Waals surface area contributed by atoms with E-state index in [1.165, 1.54) is 0 Å². The molecule has 1 fully saturated rings. The van der Waals surface area contributed by atoms with Crippen molar-refractivity contribution in [1.29, 1.82) is 0 Å². The molecule has 4 aromatic heterocycles. The number of pyridine rings is 1. The topological polar surface area (TPSA) is 138 Å². The summed E-state index contributed by atoms with van der Waals surface area (Å²) < 4.78 is 1.70. The number of anilines is 1. The Bertz CT molecular complexity index is 1330. The van der Waals surface area contributed by atoms with Gasteiger partial charge in [-0.1, -0.05) is 13.0 Å². The maximum atomic E-state index is 12.3. The molecule has 1 aliphatic heterocycles. The molecule has 0 saturated carbocycles. The maximum Gasteiger partial charge on any atom is 0.248 e. The molecule has 0 radical (unpaired) electrons. The van der Waals surface area contributed by atoms with Crippen molar-refractivity contribution in [2.75, 3.05) is 12.3 Å². The van der Waals surface area contributed by atoms with Gasteiger partial charge in [0.15, 0.2) is 11.5 Å². The monoisotopic (exact) mass is 474 g/mol. The number of aliphatic hydroxyl groups excluding tert-OH is 1. The zero-order valence-electron chi connectivity index (χ0n) is 20.1. The number of H-pyrrole nitrogens is 1. The van der Waals surface area contributed by atoms with E-state index in [0.717, 1.165) is 47.3 Å². The minimum Gasteiger partial charge on any atom is -0.387 e. The summed E-state index contributed by atoms with van der Waals surface area (Å²) in [5, 5.41) is 13.9. The van der Waals surface area contributed by atoms with E-state index in [1.807, 2.05) is 26.0 Å². The third-order valence-corrected chi connectivity index (χ3v) is 7.00. The molecule has 1 saturated heterocycles. The Labute approximate surface area is 203 Å². The first kappa shape index (κ1) is 23.0. The second-order valence-corrected chi connectivity index (χ2v) is 9.20. The van der Waals surface area contributed by atoms with Crippen LogP contribution in [0.3, 0.4) is 0 Å². The number of hydrogen-bond acceptors (Lipinski definition) is 7. The number of rotatable bonds is 5. The van der Waals surface area contributed by atoms with Crippen LogP contribution in [0, 0.1) is 0 Å². The normalized spacial score (nSPS) is 20.5. The van der Waals surface area contributed by atoms with E-state index in [1.54, 1.807) is 34.2 Å². The molecule has 2 unspecified atom stereocenters. The first-order valence-electron chi connectivity index (χ1n) is 12.0. The van der Waals surface area contributed by atoms with Gasteiger partial charge in [-0.05, 0) is 39.2 Å². The SMILES string of the molecule is CCc1c(C2CC(C)N(C(=O)CO)[C@@H](C)C2)nc2c(-c3ccc(-c4ncc[nH]4)nc3)cnn2c1N. The van der Waals surface area contributed by atoms with Crippen molar-refractivity contribution >= 4 is 17.4 Å². The number of nitrogens with one attached hydrogen (secondary N) is 1. The molecule has 0 aromatic carbocycles. The van der Waals surface area contributed by atoms with Gasteiger partial charge in [0.1, 0.15) is 18.1 Å². The van der Waals surface area contributed by atoms with Crippen molar-refractivity contribution in [3.05, 3.63) is 48.2 Å². The smallest absolute Gasteiger partial charge is 0.248 e. The number of amides is 1. The number of carbonyl (C=O) groups is 1. The average Bonchev–Trinajstić information content (AvgIpc) is 3.54. The van der Waals surface area contributed by atoms with E-state index in [0.29, 0.717) is 17.3 Å². The van der Waals surface area contributed by atoms with Gasteiger partial charge in [0, 0.05) is 53.3 Å². The van der Waals surface area contributed by atoms with Crippen molar-refractivity contribution in [3.8, 4) is 22.6 Å². The van der Waals surface area contributed by atoms with Gasteiger partial charge < -0.3 is 20.7 Å². The number of hydrogen-bond donors (Lipinski definition) is 3. The summed E-state index contributed by atoms with van der Waals surface area (Å²) in [4.78, 5) is 31.1. The van der Waals surface area contributed by atoms with Gasteiger partial charge in [-0.2, -0.15) is 9.61 Å². The van der Waals surface area contributed by atoms with Crippen LogP contribution in [0.15, 0.2) is 36.9 Å². The number of nitrogen functional groups attached to an aromatic ring is 1. The van der Waals surface area contributed by atoms with Crippen LogP contribution in [-0.2, 0) is 11.2 Å². The lowest BCUT2D eigenvalue weighted by molar-refractivity contribution is -0.140. The van der Waals surface area contributed by atoms with Crippen LogP contribution >= 0.6 is 0 Å². The number of piperidine rings is 1. The van der Waals surface area contributed by atoms with E-state index in [4.69, 9.17) is 10.7 Å². The minimum atomic E-state index is -0.470. The molecule has 182 valence electrons. The van der Waals surface area contributed by atoms with Gasteiger partial charge in [0.2, 0.25) is 5.91 Å². The molecule has 0 aliphatic carbocycles. The van der Waals surface area contributed by atoms with Gasteiger partial charge in [-0.25, -0.2) is 9.97 Å². The van der Waals surface area contributed by atoms with E-state index in [2.05, 4.69) is 27.0 Å². The number of carbonyl (C=O) groups excluding carboxylic acids is 1. The van der Waals surface area contributed by atoms with Gasteiger partial charge in [-0.15, -0.1) is 0 Å². The van der Waals surface area contributed by atoms with Crippen LogP contribution in [-0.4, -0.2) is 64.2 Å². The van der Waals surface area contributed by atoms with Gasteiger partial charge >= 0.3 is 0 Å². The Morgan fingerprint density at radius 3 is 2.57 bits per heavy atom. The third kappa shape index (κ3) is 3.93. The zero-order valence-corrected chi connectivity index (χ0v) is 20.1. The lowest BCUT2D eigenvalue weighted by Crippen LogP contribution is -2.50. The summed E-state index contributed by atoms with van der Waals surface area (Å²) in [5.41, 5.74) is 11.8. The van der Waals surface area contributed by atoms with E-state index >= 15 is 0 Å². The van der Waals surface area contributed by atoms with E-state index < -0.39 is 6.61 Å². The lowest BCUT2D eigenvalue weighted by atomic mass is 9.82. The standard InChI is InChI=1S/C25H30N8O2/c1-4-18-22(17-9-14(2)32(15(3)10-17)21(35)13-34)31-25-19(12-30-33(25)23(18)26)16-5-6-20(29-11-16)24-27-7-8-28-24/h5-8,11-12,14-15,17,34H,4,9-10,13,26H2,1-3H3,(H,27,28)/t14-,15?,17?/m0/s1. The number of likely N-dealkylation sites (tertiary alicyclic amines) is 1. The summed E-state index contributed by atoms with van der Waals surface area (Å²) in [6.45, 7) is 5.66. The Balaban J connectivity index is 1.55. The number of aromatic nitrogens is 6. The first-order valence-corrected chi connectivity index (χ1v) is 12.0. The molecule has 10 nitrogen and oxygen atoms in total. The van der Waals surface area contributed by atoms with Crippen LogP contribution in [0.25, 0.3) is 28.3 Å². The molecule has 35 heavy (non-hydrogen) atoms. The Morgan fingerprint density at radius 1 is 1.20 bits per heavy atom. The Hall–Kier alpha value is -3.79. The highest BCUT2D eigenvalue weighted by molar-refractivity contribution is 5.79. The van der Waals surface area contributed by atoms with Crippen LogP contribution < -0.4 is 5.73 Å². The Kier molecular flexibility index (Phi) is 5.98. The van der Waals surface area contributed by atoms with Crippen molar-refractivity contribution in [2.24, 2.45) is 0 Å². The number of nitrogens with zero attached hydrogens (tertiary/aromatic N) is 6. The summed E-state index contributed by atoms with van der Waals surface area (Å²) in [6, 6.07) is 3.89. The van der Waals surface area contributed by atoms with Crippen LogP contribution in [0.5, 0.6) is 0 Å². The maximum absolute atomic E-state index is 12.3. The molecule has 5 rings (SSSR count). The zero-order chi connectivity index (χ0) is 24.7. The minimum absolute atomic E-state index is 0.00455. The van der Waals surface area contributed by atoms with Gasteiger partial charge in [0.05, 0.1) is 11.9 Å². The highest BCUT2D eigenvalue weighted by atomic mass is 16.3.